The zero-order chi connectivity index (χ0) is 21.2. The van der Waals surface area contributed by atoms with Crippen molar-refractivity contribution in [3.05, 3.63) is 65.0 Å². The summed E-state index contributed by atoms with van der Waals surface area (Å²) in [5.74, 6) is -0.236. The lowest BCUT2D eigenvalue weighted by Gasteiger charge is -2.39. The van der Waals surface area contributed by atoms with Crippen molar-refractivity contribution in [2.75, 3.05) is 13.2 Å². The Balaban J connectivity index is 2.19. The van der Waals surface area contributed by atoms with Gasteiger partial charge >= 0.3 is 5.97 Å². The average Bonchev–Trinajstić information content (AvgIpc) is 2.64. The molecule has 0 radical (unpaired) electrons. The lowest BCUT2D eigenvalue weighted by molar-refractivity contribution is -0.138. The highest BCUT2D eigenvalue weighted by molar-refractivity contribution is 6.04. The summed E-state index contributed by atoms with van der Waals surface area (Å²) in [6.45, 7) is 12.2. The van der Waals surface area contributed by atoms with Crippen molar-refractivity contribution in [1.82, 2.24) is 5.32 Å². The molecule has 1 aromatic carbocycles. The SMILES string of the molecule is C=CCOC(=O)C1=C(C)NC2=C(C(=O)CC(C)(C)C2)[C@H]1c1ccccc1OCC. The number of benzene rings is 1. The maximum Gasteiger partial charge on any atom is 0.337 e. The molecule has 0 unspecified atom stereocenters. The monoisotopic (exact) mass is 395 g/mol. The van der Waals surface area contributed by atoms with Crippen LogP contribution in [0.25, 0.3) is 0 Å². The molecule has 2 aliphatic rings. The summed E-state index contributed by atoms with van der Waals surface area (Å²) in [5, 5.41) is 3.33. The number of ketones is 1. The Kier molecular flexibility index (Phi) is 5.96. The molecular weight excluding hydrogens is 366 g/mol. The molecular formula is C24H29NO4. The van der Waals surface area contributed by atoms with Crippen LogP contribution in [0.15, 0.2) is 59.5 Å². The number of allylic oxidation sites excluding steroid dienone is 3. The number of esters is 1. The standard InChI is InChI=1S/C24H29NO4/c1-6-12-29-23(27)20-15(3)25-17-13-24(4,5)14-18(26)22(17)21(20)16-10-8-9-11-19(16)28-7-2/h6,8-11,21,25H,1,7,12-14H2,2-5H3/t21-/m0/s1. The molecule has 1 atom stereocenters. The Morgan fingerprint density at radius 2 is 2.03 bits per heavy atom. The van der Waals surface area contributed by atoms with E-state index in [4.69, 9.17) is 9.47 Å². The number of rotatable bonds is 6. The number of nitrogens with one attached hydrogen (secondary N) is 1. The molecule has 1 N–H and O–H groups in total. The first-order chi connectivity index (χ1) is 13.8. The fourth-order valence-electron chi connectivity index (χ4n) is 4.24. The van der Waals surface area contributed by atoms with E-state index < -0.39 is 11.9 Å². The molecule has 1 heterocycles. The molecule has 5 nitrogen and oxygen atoms in total. The summed E-state index contributed by atoms with van der Waals surface area (Å²) in [4.78, 5) is 26.2. The van der Waals surface area contributed by atoms with Gasteiger partial charge in [-0.2, -0.15) is 0 Å². The van der Waals surface area contributed by atoms with Gasteiger partial charge in [-0.15, -0.1) is 0 Å². The molecule has 0 saturated carbocycles. The molecule has 0 saturated heterocycles. The summed E-state index contributed by atoms with van der Waals surface area (Å²) in [7, 11) is 0. The predicted molar refractivity (Wildman–Crippen MR) is 112 cm³/mol. The summed E-state index contributed by atoms with van der Waals surface area (Å²) in [6.07, 6.45) is 2.72. The highest BCUT2D eigenvalue weighted by atomic mass is 16.5. The summed E-state index contributed by atoms with van der Waals surface area (Å²) in [6, 6.07) is 7.59. The lowest BCUT2D eigenvalue weighted by Crippen LogP contribution is -2.38. The van der Waals surface area contributed by atoms with Gasteiger partial charge in [-0.25, -0.2) is 4.79 Å². The molecule has 0 amide bonds. The van der Waals surface area contributed by atoms with Crippen LogP contribution in [-0.4, -0.2) is 25.0 Å². The minimum absolute atomic E-state index is 0.0570. The summed E-state index contributed by atoms with van der Waals surface area (Å²) >= 11 is 0. The van der Waals surface area contributed by atoms with Gasteiger partial charge in [0.2, 0.25) is 0 Å². The van der Waals surface area contributed by atoms with Gasteiger partial charge in [-0.1, -0.05) is 44.7 Å². The Hall–Kier alpha value is -2.82. The van der Waals surface area contributed by atoms with Crippen molar-refractivity contribution >= 4 is 11.8 Å². The maximum absolute atomic E-state index is 13.3. The first kappa shape index (κ1) is 20.9. The number of carbonyl (C=O) groups excluding carboxylic acids is 2. The summed E-state index contributed by atoms with van der Waals surface area (Å²) < 4.78 is 11.2. The predicted octanol–water partition coefficient (Wildman–Crippen LogP) is 4.42. The number of ether oxygens (including phenoxy) is 2. The molecule has 1 aliphatic heterocycles. The second-order valence-electron chi connectivity index (χ2n) is 8.29. The van der Waals surface area contributed by atoms with Crippen LogP contribution in [0.5, 0.6) is 5.75 Å². The van der Waals surface area contributed by atoms with Crippen molar-refractivity contribution in [2.24, 2.45) is 5.41 Å². The number of hydrogen-bond acceptors (Lipinski definition) is 5. The molecule has 3 rings (SSSR count). The van der Waals surface area contributed by atoms with E-state index >= 15 is 0 Å². The van der Waals surface area contributed by atoms with E-state index in [1.807, 2.05) is 38.1 Å². The van der Waals surface area contributed by atoms with E-state index in [-0.39, 0.29) is 17.8 Å². The van der Waals surface area contributed by atoms with Crippen LogP contribution in [0.3, 0.4) is 0 Å². The van der Waals surface area contributed by atoms with E-state index in [2.05, 4.69) is 25.7 Å². The number of para-hydroxylation sites is 1. The van der Waals surface area contributed by atoms with Gasteiger partial charge in [0.15, 0.2) is 5.78 Å². The fraction of sp³-hybridized carbons (Fsp3) is 0.417. The Bertz CT molecular complexity index is 907. The highest BCUT2D eigenvalue weighted by Gasteiger charge is 2.43. The van der Waals surface area contributed by atoms with Crippen LogP contribution in [0.4, 0.5) is 0 Å². The van der Waals surface area contributed by atoms with E-state index in [1.165, 1.54) is 6.08 Å². The van der Waals surface area contributed by atoms with Gasteiger partial charge in [0.05, 0.1) is 18.1 Å². The normalized spacial score (nSPS) is 20.7. The smallest absolute Gasteiger partial charge is 0.337 e. The zero-order valence-corrected chi connectivity index (χ0v) is 17.6. The largest absolute Gasteiger partial charge is 0.494 e. The van der Waals surface area contributed by atoms with Crippen molar-refractivity contribution in [2.45, 2.75) is 46.5 Å². The first-order valence-electron chi connectivity index (χ1n) is 10.0. The molecule has 0 aromatic heterocycles. The first-order valence-corrected chi connectivity index (χ1v) is 10.0. The molecule has 0 bridgehead atoms. The topological polar surface area (TPSA) is 64.6 Å². The van der Waals surface area contributed by atoms with Gasteiger partial charge < -0.3 is 14.8 Å². The van der Waals surface area contributed by atoms with Crippen molar-refractivity contribution in [3.63, 3.8) is 0 Å². The Labute approximate surface area is 172 Å². The van der Waals surface area contributed by atoms with Crippen LogP contribution in [0.1, 0.15) is 52.0 Å². The molecule has 5 heteroatoms. The van der Waals surface area contributed by atoms with Crippen molar-refractivity contribution in [3.8, 4) is 5.75 Å². The minimum atomic E-state index is -0.519. The second-order valence-corrected chi connectivity index (χ2v) is 8.29. The van der Waals surface area contributed by atoms with Crippen LogP contribution in [0, 0.1) is 5.41 Å². The number of dihydropyridines is 1. The van der Waals surface area contributed by atoms with Gasteiger partial charge in [0.1, 0.15) is 12.4 Å². The van der Waals surface area contributed by atoms with Crippen LogP contribution < -0.4 is 10.1 Å². The highest BCUT2D eigenvalue weighted by Crippen LogP contribution is 2.48. The Morgan fingerprint density at radius 1 is 1.31 bits per heavy atom. The molecule has 29 heavy (non-hydrogen) atoms. The maximum atomic E-state index is 13.3. The van der Waals surface area contributed by atoms with Gasteiger partial charge in [0.25, 0.3) is 0 Å². The van der Waals surface area contributed by atoms with E-state index in [9.17, 15) is 9.59 Å². The van der Waals surface area contributed by atoms with Gasteiger partial charge in [-0.05, 0) is 31.7 Å². The molecule has 0 spiro atoms. The number of Topliss-reactive ketones (excluding diaryl/α,β-unsaturated/α-hetero) is 1. The van der Waals surface area contributed by atoms with Crippen LogP contribution >= 0.6 is 0 Å². The molecule has 0 fully saturated rings. The number of carbonyl (C=O) groups is 2. The third kappa shape index (κ3) is 4.14. The van der Waals surface area contributed by atoms with E-state index in [1.54, 1.807) is 0 Å². The van der Waals surface area contributed by atoms with Crippen LogP contribution in [0.2, 0.25) is 0 Å². The quantitative estimate of drug-likeness (QED) is 0.571. The van der Waals surface area contributed by atoms with Crippen molar-refractivity contribution in [1.29, 1.82) is 0 Å². The number of hydrogen-bond donors (Lipinski definition) is 1. The molecule has 1 aromatic rings. The zero-order valence-electron chi connectivity index (χ0n) is 17.6. The van der Waals surface area contributed by atoms with Gasteiger partial charge in [-0.3, -0.25) is 4.79 Å². The minimum Gasteiger partial charge on any atom is -0.494 e. The average molecular weight is 395 g/mol. The second kappa shape index (κ2) is 8.27. The third-order valence-corrected chi connectivity index (χ3v) is 5.32. The van der Waals surface area contributed by atoms with Gasteiger partial charge in [0, 0.05) is 29.0 Å². The van der Waals surface area contributed by atoms with Crippen molar-refractivity contribution < 1.29 is 19.1 Å². The molecule has 1 aliphatic carbocycles. The fourth-order valence-corrected chi connectivity index (χ4v) is 4.24. The molecule has 154 valence electrons. The Morgan fingerprint density at radius 3 is 2.72 bits per heavy atom. The lowest BCUT2D eigenvalue weighted by atomic mass is 9.68. The third-order valence-electron chi connectivity index (χ3n) is 5.32. The van der Waals surface area contributed by atoms with E-state index in [0.29, 0.717) is 35.6 Å². The summed E-state index contributed by atoms with van der Waals surface area (Å²) in [5.41, 5.74) is 3.37. The van der Waals surface area contributed by atoms with Crippen LogP contribution in [-0.2, 0) is 14.3 Å². The van der Waals surface area contributed by atoms with E-state index in [0.717, 1.165) is 17.7 Å².